The number of nitrogens with one attached hydrogen (secondary N) is 7. The molecule has 23 nitrogen and oxygen atoms in total. The van der Waals surface area contributed by atoms with Crippen LogP contribution in [0.15, 0.2) is 53.4 Å². The fourth-order valence-corrected chi connectivity index (χ4v) is 7.65. The van der Waals surface area contributed by atoms with Gasteiger partial charge in [-0.2, -0.15) is 4.72 Å². The summed E-state index contributed by atoms with van der Waals surface area (Å²) in [5.41, 5.74) is 3.15. The number of amides is 6. The lowest BCUT2D eigenvalue weighted by molar-refractivity contribution is -0.153. The van der Waals surface area contributed by atoms with Gasteiger partial charge in [-0.25, -0.2) is 8.42 Å². The molecule has 0 saturated carbocycles. The Morgan fingerprint density at radius 2 is 0.986 bits per heavy atom. The maximum atomic E-state index is 13.3. The average molecular weight is 999 g/mol. The molecule has 0 radical (unpaired) electrons. The average Bonchev–Trinajstić information content (AvgIpc) is 3.31. The summed E-state index contributed by atoms with van der Waals surface area (Å²) < 4.78 is 33.4. The van der Waals surface area contributed by atoms with Gasteiger partial charge < -0.3 is 62.6 Å². The third kappa shape index (κ3) is 17.3. The van der Waals surface area contributed by atoms with Crippen LogP contribution in [-0.4, -0.2) is 173 Å². The first-order valence-electron chi connectivity index (χ1n) is 22.6. The van der Waals surface area contributed by atoms with Gasteiger partial charge in [0.15, 0.2) is 0 Å². The van der Waals surface area contributed by atoms with E-state index in [0.29, 0.717) is 52.2 Å². The fraction of sp³-hybridized carbons (Fsp3) is 0.457. The van der Waals surface area contributed by atoms with Crippen LogP contribution in [0.1, 0.15) is 103 Å². The highest BCUT2D eigenvalue weighted by molar-refractivity contribution is 7.89. The maximum absolute atomic E-state index is 13.3. The van der Waals surface area contributed by atoms with E-state index in [4.69, 9.17) is 10.5 Å². The molecule has 24 heteroatoms. The van der Waals surface area contributed by atoms with E-state index in [-0.39, 0.29) is 48.4 Å². The molecule has 0 atom stereocenters. The molecule has 0 fully saturated rings. The number of phenols is 3. The molecular weight excluding hydrogens is 933 g/mol. The van der Waals surface area contributed by atoms with E-state index in [2.05, 4.69) is 36.8 Å². The molecule has 0 aliphatic carbocycles. The number of hydrogen-bond acceptors (Lipinski definition) is 16. The third-order valence-corrected chi connectivity index (χ3v) is 11.7. The molecule has 0 aliphatic rings. The molecule has 0 heterocycles. The van der Waals surface area contributed by atoms with E-state index in [1.165, 1.54) is 43.4 Å². The minimum atomic E-state index is -4.53. The van der Waals surface area contributed by atoms with Gasteiger partial charge in [-0.15, -0.1) is 0 Å². The van der Waals surface area contributed by atoms with Crippen LogP contribution in [0.25, 0.3) is 0 Å². The number of hydrogen-bond donors (Lipinski definition) is 11. The Morgan fingerprint density at radius 1 is 0.586 bits per heavy atom. The van der Waals surface area contributed by atoms with Gasteiger partial charge in [-0.3, -0.25) is 38.5 Å². The highest BCUT2D eigenvalue weighted by Crippen LogP contribution is 2.28. The van der Waals surface area contributed by atoms with Crippen molar-refractivity contribution in [2.45, 2.75) is 51.5 Å². The van der Waals surface area contributed by atoms with Gasteiger partial charge in [0.05, 0.1) is 38.3 Å². The quantitative estimate of drug-likeness (QED) is 0.0349. The largest absolute Gasteiger partial charge is 0.506 e. The number of sulfonamides is 1. The summed E-state index contributed by atoms with van der Waals surface area (Å²) in [6.45, 7) is 11.6. The zero-order valence-corrected chi connectivity index (χ0v) is 41.1. The number of aromatic hydroxyl groups is 3. The van der Waals surface area contributed by atoms with E-state index in [0.717, 1.165) is 18.7 Å². The van der Waals surface area contributed by atoms with Crippen molar-refractivity contribution in [2.75, 3.05) is 92.1 Å². The molecule has 0 aromatic heterocycles. The highest BCUT2D eigenvalue weighted by atomic mass is 32.2. The lowest BCUT2D eigenvalue weighted by atomic mass is 10.1. The van der Waals surface area contributed by atoms with Crippen LogP contribution < -0.4 is 42.4 Å². The molecule has 0 saturated heterocycles. The summed E-state index contributed by atoms with van der Waals surface area (Å²) in [7, 11) is -3.31. The maximum Gasteiger partial charge on any atom is 0.321 e. The summed E-state index contributed by atoms with van der Waals surface area (Å²) in [6, 6.07) is 9.94. The molecule has 0 spiro atoms. The molecule has 3 rings (SSSR count). The van der Waals surface area contributed by atoms with Crippen LogP contribution in [-0.2, 0) is 19.6 Å². The van der Waals surface area contributed by atoms with Gasteiger partial charge in [0.2, 0.25) is 10.0 Å². The Bertz CT molecular complexity index is 2460. The van der Waals surface area contributed by atoms with Crippen molar-refractivity contribution >= 4 is 51.4 Å². The second kappa shape index (κ2) is 27.4. The lowest BCUT2D eigenvalue weighted by Crippen LogP contribution is -2.43. The van der Waals surface area contributed by atoms with Gasteiger partial charge in [0, 0.05) is 79.0 Å². The third-order valence-electron chi connectivity index (χ3n) is 10.3. The zero-order chi connectivity index (χ0) is 52.2. The van der Waals surface area contributed by atoms with E-state index >= 15 is 0 Å². The van der Waals surface area contributed by atoms with Crippen LogP contribution in [0, 0.1) is 0 Å². The molecule has 0 bridgehead atoms. The number of carbonyl (C=O) groups is 7. The Hall–Kier alpha value is -6.86. The summed E-state index contributed by atoms with van der Waals surface area (Å²) in [4.78, 5) is 93.5. The molecule has 0 unspecified atom stereocenters. The second-order valence-electron chi connectivity index (χ2n) is 16.6. The summed E-state index contributed by atoms with van der Waals surface area (Å²) in [5, 5.41) is 47.9. The van der Waals surface area contributed by atoms with Crippen LogP contribution in [0.3, 0.4) is 0 Å². The number of ether oxygens (including phenoxy) is 1. The molecule has 384 valence electrons. The van der Waals surface area contributed by atoms with Crippen LogP contribution in [0.2, 0.25) is 0 Å². The number of nitrogens with two attached hydrogens (primary N) is 1. The van der Waals surface area contributed by atoms with Gasteiger partial charge in [0.1, 0.15) is 29.4 Å². The standard InChI is InChI=1S/C46H66N10O13S/c1-7-16-49-41(62)30-11-9-13-32(37(30)58)43(64)52-19-22-56(25-24-55(8-2)21-15-47)23-20-53-44(65)33-14-10-12-31(38(33)59)42(63)50-17-18-51-45(66)35-27-29(26-34(39(35)60)40(61)48-6)70(67,68)54-28-36(57)69-46(3,4)5/h9-14,26-27,54,58-60H,7-8,15-25,28,47H2,1-6H3,(H,48,61)(H,49,62)(H,50,63)(H,51,66)(H,52,64)(H,53,65). The first kappa shape index (κ1) is 57.5. The SMILES string of the molecule is CCCNC(=O)c1cccc(C(=O)NCCN(CCNC(=O)c2cccc(C(=O)NCCNC(=O)c3cc(S(=O)(=O)NCC(=O)OC(C)(C)C)cc(C(=O)NC)c3O)c2O)CCN(CC)CCN)c1O. The van der Waals surface area contributed by atoms with Crippen molar-refractivity contribution in [2.24, 2.45) is 5.73 Å². The summed E-state index contributed by atoms with van der Waals surface area (Å²) in [6.07, 6.45) is 0.693. The highest BCUT2D eigenvalue weighted by Gasteiger charge is 2.27. The molecule has 3 aromatic carbocycles. The number of likely N-dealkylation sites (N-methyl/N-ethyl adjacent to an activating group) is 1. The van der Waals surface area contributed by atoms with Crippen molar-refractivity contribution in [1.82, 2.24) is 46.4 Å². The van der Waals surface area contributed by atoms with Crippen LogP contribution >= 0.6 is 0 Å². The van der Waals surface area contributed by atoms with Crippen molar-refractivity contribution < 1.29 is 62.0 Å². The Balaban J connectivity index is 1.63. The minimum absolute atomic E-state index is 0.0217. The van der Waals surface area contributed by atoms with Crippen LogP contribution in [0.4, 0.5) is 0 Å². The lowest BCUT2D eigenvalue weighted by Gasteiger charge is -2.27. The van der Waals surface area contributed by atoms with E-state index in [9.17, 15) is 57.3 Å². The Kier molecular flexibility index (Phi) is 22.5. The number of nitrogens with zero attached hydrogens (tertiary/aromatic N) is 2. The second-order valence-corrected chi connectivity index (χ2v) is 18.4. The summed E-state index contributed by atoms with van der Waals surface area (Å²) >= 11 is 0. The molecule has 12 N–H and O–H groups in total. The number of para-hydroxylation sites is 2. The molecule has 70 heavy (non-hydrogen) atoms. The van der Waals surface area contributed by atoms with Crippen molar-refractivity contribution in [3.63, 3.8) is 0 Å². The number of benzene rings is 3. The van der Waals surface area contributed by atoms with Gasteiger partial charge >= 0.3 is 5.97 Å². The number of rotatable bonds is 27. The minimum Gasteiger partial charge on any atom is -0.506 e. The summed E-state index contributed by atoms with van der Waals surface area (Å²) in [5.74, 6) is -7.34. The Labute approximate surface area is 407 Å². The molecular formula is C46H66N10O13S. The van der Waals surface area contributed by atoms with E-state index < -0.39 is 96.9 Å². The predicted octanol–water partition coefficient (Wildman–Crippen LogP) is -0.175. The molecule has 0 aliphatic heterocycles. The Morgan fingerprint density at radius 3 is 1.40 bits per heavy atom. The normalized spacial score (nSPS) is 11.4. The smallest absolute Gasteiger partial charge is 0.321 e. The van der Waals surface area contributed by atoms with Gasteiger partial charge in [-0.1, -0.05) is 26.0 Å². The molecule has 3 aromatic rings. The van der Waals surface area contributed by atoms with Gasteiger partial charge in [-0.05, 0) is 70.1 Å². The monoisotopic (exact) mass is 998 g/mol. The first-order chi connectivity index (χ1) is 33.1. The topological polar surface area (TPSA) is 340 Å². The van der Waals surface area contributed by atoms with Crippen molar-refractivity contribution in [3.05, 3.63) is 81.9 Å². The number of carbonyl (C=O) groups excluding carboxylic acids is 7. The fourth-order valence-electron chi connectivity index (χ4n) is 6.63. The van der Waals surface area contributed by atoms with E-state index in [1.54, 1.807) is 20.8 Å². The van der Waals surface area contributed by atoms with Crippen molar-refractivity contribution in [3.8, 4) is 17.2 Å². The number of phenolic OH excluding ortho intramolecular Hbond substituents is 3. The number of esters is 1. The van der Waals surface area contributed by atoms with E-state index in [1.807, 2.05) is 23.5 Å². The van der Waals surface area contributed by atoms with Crippen molar-refractivity contribution in [1.29, 1.82) is 0 Å². The first-order valence-corrected chi connectivity index (χ1v) is 24.1. The predicted molar refractivity (Wildman–Crippen MR) is 258 cm³/mol. The zero-order valence-electron chi connectivity index (χ0n) is 40.3. The van der Waals surface area contributed by atoms with Gasteiger partial charge in [0.25, 0.3) is 35.4 Å². The van der Waals surface area contributed by atoms with Crippen LogP contribution in [0.5, 0.6) is 17.2 Å². The molecule has 6 amide bonds.